The SMILES string of the molecule is Cc1cc(C(C)(C)C)cc(C)c1N(c1ccccc1)c1ccc2c(c1)N(c1c(C)cccc1C)c1cc(C(C)(C)C)cc3c1B2c1cc2c(cc1N3c1c(C)cccc1C)C(C)(C)CCC2(C)C. The molecule has 2 aliphatic heterocycles. The third-order valence-electron chi connectivity index (χ3n) is 16.1. The number of rotatable bonds is 5. The van der Waals surface area contributed by atoms with Gasteiger partial charge in [0, 0.05) is 34.1 Å². The normalized spacial score (nSPS) is 15.7. The van der Waals surface area contributed by atoms with Crippen LogP contribution in [0.5, 0.6) is 0 Å². The second-order valence-electron chi connectivity index (χ2n) is 24.1. The quantitative estimate of drug-likeness (QED) is 0.159. The first-order valence-corrected chi connectivity index (χ1v) is 25.2. The number of anilines is 9. The van der Waals surface area contributed by atoms with Crippen LogP contribution >= 0.6 is 0 Å². The molecule has 0 radical (unpaired) electrons. The minimum Gasteiger partial charge on any atom is -0.311 e. The van der Waals surface area contributed by atoms with Crippen molar-refractivity contribution in [2.45, 2.75) is 145 Å². The van der Waals surface area contributed by atoms with Gasteiger partial charge >= 0.3 is 0 Å². The average molecular weight is 894 g/mol. The Bertz CT molecular complexity index is 3110. The summed E-state index contributed by atoms with van der Waals surface area (Å²) in [4.78, 5) is 7.87. The molecule has 0 saturated heterocycles. The van der Waals surface area contributed by atoms with E-state index in [1.54, 1.807) is 0 Å². The molecule has 4 heteroatoms. The van der Waals surface area contributed by atoms with Crippen LogP contribution in [0.25, 0.3) is 0 Å². The zero-order valence-corrected chi connectivity index (χ0v) is 43.9. The van der Waals surface area contributed by atoms with Crippen molar-refractivity contribution in [3.63, 3.8) is 0 Å². The van der Waals surface area contributed by atoms with E-state index >= 15 is 0 Å². The van der Waals surface area contributed by atoms with Gasteiger partial charge in [-0.15, -0.1) is 0 Å². The Morgan fingerprint density at radius 3 is 1.38 bits per heavy atom. The van der Waals surface area contributed by atoms with Gasteiger partial charge in [-0.25, -0.2) is 0 Å². The van der Waals surface area contributed by atoms with E-state index in [0.717, 1.165) is 11.4 Å². The van der Waals surface area contributed by atoms with Gasteiger partial charge in [0.15, 0.2) is 0 Å². The van der Waals surface area contributed by atoms with Crippen LogP contribution in [0.1, 0.15) is 138 Å². The lowest BCUT2D eigenvalue weighted by atomic mass is 9.33. The lowest BCUT2D eigenvalue weighted by molar-refractivity contribution is 0.332. The van der Waals surface area contributed by atoms with Gasteiger partial charge in [0.05, 0.1) is 17.1 Å². The minimum absolute atomic E-state index is 0.0000673. The minimum atomic E-state index is -0.122. The van der Waals surface area contributed by atoms with Gasteiger partial charge in [-0.3, -0.25) is 0 Å². The van der Waals surface area contributed by atoms with Crippen LogP contribution in [0.15, 0.2) is 121 Å². The molecule has 0 N–H and O–H groups in total. The van der Waals surface area contributed by atoms with Crippen molar-refractivity contribution in [2.24, 2.45) is 0 Å². The number of hydrogen-bond acceptors (Lipinski definition) is 3. The van der Waals surface area contributed by atoms with Crippen molar-refractivity contribution in [2.75, 3.05) is 14.7 Å². The first-order chi connectivity index (χ1) is 32.0. The maximum atomic E-state index is 2.69. The smallest absolute Gasteiger partial charge is 0.252 e. The fourth-order valence-corrected chi connectivity index (χ4v) is 12.1. The van der Waals surface area contributed by atoms with Crippen LogP contribution in [0.4, 0.5) is 51.2 Å². The average Bonchev–Trinajstić information content (AvgIpc) is 3.26. The van der Waals surface area contributed by atoms with Gasteiger partial charge in [0.2, 0.25) is 0 Å². The summed E-state index contributed by atoms with van der Waals surface area (Å²) in [6.07, 6.45) is 2.33. The van der Waals surface area contributed by atoms with Crippen LogP contribution in [0.2, 0.25) is 0 Å². The van der Waals surface area contributed by atoms with Gasteiger partial charge in [0.1, 0.15) is 0 Å². The Labute approximate surface area is 409 Å². The van der Waals surface area contributed by atoms with Crippen molar-refractivity contribution in [3.05, 3.63) is 177 Å². The van der Waals surface area contributed by atoms with Crippen molar-refractivity contribution in [1.82, 2.24) is 0 Å². The van der Waals surface area contributed by atoms with Crippen LogP contribution in [0, 0.1) is 41.5 Å². The Balaban J connectivity index is 1.35. The molecule has 0 spiro atoms. The molecular weight excluding hydrogens is 822 g/mol. The highest BCUT2D eigenvalue weighted by molar-refractivity contribution is 7.00. The molecule has 10 rings (SSSR count). The summed E-state index contributed by atoms with van der Waals surface area (Å²) in [5.41, 5.74) is 28.6. The molecule has 1 aliphatic carbocycles. The molecule has 2 heterocycles. The monoisotopic (exact) mass is 894 g/mol. The molecule has 0 fully saturated rings. The largest absolute Gasteiger partial charge is 0.311 e. The van der Waals surface area contributed by atoms with Gasteiger partial charge in [-0.1, -0.05) is 148 Å². The number of nitrogens with zero attached hydrogens (tertiary/aromatic N) is 3. The number of aryl methyl sites for hydroxylation is 6. The van der Waals surface area contributed by atoms with Gasteiger partial charge in [0.25, 0.3) is 6.71 Å². The van der Waals surface area contributed by atoms with E-state index in [2.05, 4.69) is 247 Å². The predicted molar refractivity (Wildman–Crippen MR) is 296 cm³/mol. The van der Waals surface area contributed by atoms with E-state index < -0.39 is 0 Å². The first-order valence-electron chi connectivity index (χ1n) is 25.2. The van der Waals surface area contributed by atoms with Crippen LogP contribution in [-0.2, 0) is 21.7 Å². The molecule has 3 nitrogen and oxygen atoms in total. The van der Waals surface area contributed by atoms with E-state index in [0.29, 0.717) is 0 Å². The van der Waals surface area contributed by atoms with E-state index in [-0.39, 0.29) is 28.4 Å². The maximum Gasteiger partial charge on any atom is 0.252 e. The first kappa shape index (κ1) is 45.8. The lowest BCUT2D eigenvalue weighted by Gasteiger charge is -2.48. The van der Waals surface area contributed by atoms with E-state index in [4.69, 9.17) is 0 Å². The molecule has 0 unspecified atom stereocenters. The topological polar surface area (TPSA) is 9.72 Å². The molecule has 0 saturated carbocycles. The predicted octanol–water partition coefficient (Wildman–Crippen LogP) is 16.0. The molecular formula is C64H72BN3. The summed E-state index contributed by atoms with van der Waals surface area (Å²) in [5.74, 6) is 0. The van der Waals surface area contributed by atoms with Gasteiger partial charge in [-0.05, 0) is 191 Å². The second kappa shape index (κ2) is 15.8. The van der Waals surface area contributed by atoms with E-state index in [9.17, 15) is 0 Å². The third kappa shape index (κ3) is 7.23. The summed E-state index contributed by atoms with van der Waals surface area (Å²) in [7, 11) is 0. The molecule has 7 aromatic carbocycles. The standard InChI is InChI=1S/C64H72BN3/c1-39-22-20-23-40(2)58(39)67-53-36-48(66(47-26-18-17-19-27-47)60-43(5)32-45(33-44(60)6)61(7,8)9)28-29-51(53)65-52-37-49-50(64(15,16)31-30-63(49,13)14)38-54(52)68(59-41(3)24-21-25-42(59)4)56-35-46(62(10,11)12)34-55(67)57(56)65/h17-29,32-38H,30-31H2,1-16H3. The fraction of sp³-hybridized carbons (Fsp3) is 0.344. The summed E-state index contributed by atoms with van der Waals surface area (Å²) in [6.45, 7) is 37.8. The Morgan fingerprint density at radius 1 is 0.441 bits per heavy atom. The molecule has 0 bridgehead atoms. The molecule has 0 aromatic heterocycles. The number of fused-ring (bicyclic) bond motifs is 5. The van der Waals surface area contributed by atoms with Crippen LogP contribution in [-0.4, -0.2) is 6.71 Å². The highest BCUT2D eigenvalue weighted by Gasteiger charge is 2.47. The molecule has 0 amide bonds. The summed E-state index contributed by atoms with van der Waals surface area (Å²) >= 11 is 0. The van der Waals surface area contributed by atoms with Crippen molar-refractivity contribution >= 4 is 74.3 Å². The highest BCUT2D eigenvalue weighted by Crippen LogP contribution is 2.53. The second-order valence-corrected chi connectivity index (χ2v) is 24.1. The summed E-state index contributed by atoms with van der Waals surface area (Å²) < 4.78 is 0. The number of para-hydroxylation sites is 3. The van der Waals surface area contributed by atoms with Crippen LogP contribution in [0.3, 0.4) is 0 Å². The van der Waals surface area contributed by atoms with Crippen LogP contribution < -0.4 is 31.1 Å². The van der Waals surface area contributed by atoms with Crippen molar-refractivity contribution in [1.29, 1.82) is 0 Å². The molecule has 68 heavy (non-hydrogen) atoms. The van der Waals surface area contributed by atoms with Crippen molar-refractivity contribution < 1.29 is 0 Å². The Morgan fingerprint density at radius 2 is 0.897 bits per heavy atom. The van der Waals surface area contributed by atoms with E-state index in [1.807, 2.05) is 0 Å². The molecule has 7 aromatic rings. The Hall–Kier alpha value is -6.00. The van der Waals surface area contributed by atoms with Crippen molar-refractivity contribution in [3.8, 4) is 0 Å². The maximum absolute atomic E-state index is 2.69. The molecule has 3 aliphatic rings. The number of benzene rings is 7. The molecule has 346 valence electrons. The highest BCUT2D eigenvalue weighted by atomic mass is 15.2. The molecule has 0 atom stereocenters. The van der Waals surface area contributed by atoms with E-state index in [1.165, 1.54) is 125 Å². The fourth-order valence-electron chi connectivity index (χ4n) is 12.1. The number of hydrogen-bond donors (Lipinski definition) is 0. The third-order valence-corrected chi connectivity index (χ3v) is 16.1. The Kier molecular flexibility index (Phi) is 10.6. The summed E-state index contributed by atoms with van der Waals surface area (Å²) in [5, 5.41) is 0. The van der Waals surface area contributed by atoms with Gasteiger partial charge in [-0.2, -0.15) is 0 Å². The zero-order chi connectivity index (χ0) is 48.6. The zero-order valence-electron chi connectivity index (χ0n) is 43.9. The summed E-state index contributed by atoms with van der Waals surface area (Å²) in [6, 6.07) is 47.3. The lowest BCUT2D eigenvalue weighted by Crippen LogP contribution is -2.62. The van der Waals surface area contributed by atoms with Gasteiger partial charge < -0.3 is 14.7 Å².